The first-order valence-electron chi connectivity index (χ1n) is 7.94. The van der Waals surface area contributed by atoms with E-state index in [2.05, 4.69) is 10.6 Å². The topological polar surface area (TPSA) is 70.7 Å². The van der Waals surface area contributed by atoms with Crippen molar-refractivity contribution in [1.82, 2.24) is 10.2 Å². The Morgan fingerprint density at radius 2 is 1.83 bits per heavy atom. The van der Waals surface area contributed by atoms with E-state index in [1.54, 1.807) is 24.1 Å². The Kier molecular flexibility index (Phi) is 8.11. The summed E-state index contributed by atoms with van der Waals surface area (Å²) >= 11 is 0. The van der Waals surface area contributed by atoms with Crippen LogP contribution in [0, 0.1) is 0 Å². The van der Waals surface area contributed by atoms with E-state index < -0.39 is 0 Å². The van der Waals surface area contributed by atoms with Gasteiger partial charge >= 0.3 is 0 Å². The number of hydrogen-bond donors (Lipinski definition) is 2. The second kappa shape index (κ2) is 9.84. The van der Waals surface area contributed by atoms with Gasteiger partial charge in [-0.05, 0) is 32.0 Å². The third-order valence-electron chi connectivity index (χ3n) is 3.58. The highest BCUT2D eigenvalue weighted by molar-refractivity contribution is 5.94. The lowest BCUT2D eigenvalue weighted by Gasteiger charge is -2.21. The number of anilines is 1. The monoisotopic (exact) mass is 321 g/mol. The number of benzene rings is 1. The van der Waals surface area contributed by atoms with Crippen LogP contribution in [-0.4, -0.2) is 49.5 Å². The molecule has 0 bridgehead atoms. The van der Waals surface area contributed by atoms with E-state index in [1.807, 2.05) is 32.9 Å². The third-order valence-corrected chi connectivity index (χ3v) is 3.58. The van der Waals surface area contributed by atoms with Crippen molar-refractivity contribution in [2.45, 2.75) is 33.2 Å². The van der Waals surface area contributed by atoms with Crippen molar-refractivity contribution < 1.29 is 14.3 Å². The van der Waals surface area contributed by atoms with Crippen molar-refractivity contribution in [3.8, 4) is 5.75 Å². The number of carbonyl (C=O) groups excluding carboxylic acids is 2. The Morgan fingerprint density at radius 3 is 2.43 bits per heavy atom. The minimum atomic E-state index is -0.173. The van der Waals surface area contributed by atoms with E-state index in [4.69, 9.17) is 4.74 Å². The molecule has 2 N–H and O–H groups in total. The molecule has 0 radical (unpaired) electrons. The van der Waals surface area contributed by atoms with Crippen LogP contribution in [0.2, 0.25) is 0 Å². The minimum absolute atomic E-state index is 0.0636. The largest absolute Gasteiger partial charge is 0.495 e. The molecule has 6 heteroatoms. The predicted molar refractivity (Wildman–Crippen MR) is 91.6 cm³/mol. The first-order valence-corrected chi connectivity index (χ1v) is 7.94. The van der Waals surface area contributed by atoms with Crippen molar-refractivity contribution in [1.29, 1.82) is 0 Å². The highest BCUT2D eigenvalue weighted by Gasteiger charge is 2.15. The van der Waals surface area contributed by atoms with E-state index in [0.717, 1.165) is 6.42 Å². The number of carbonyl (C=O) groups is 2. The number of methoxy groups -OCH3 is 1. The number of ether oxygens (including phenoxy) is 1. The Bertz CT molecular complexity index is 520. The van der Waals surface area contributed by atoms with Gasteiger partial charge in [-0.1, -0.05) is 26.0 Å². The van der Waals surface area contributed by atoms with Gasteiger partial charge in [0.2, 0.25) is 11.8 Å². The van der Waals surface area contributed by atoms with Crippen molar-refractivity contribution in [3.63, 3.8) is 0 Å². The lowest BCUT2D eigenvalue weighted by Crippen LogP contribution is -2.43. The molecule has 1 atom stereocenters. The molecule has 0 heterocycles. The molecule has 0 saturated carbocycles. The first-order chi connectivity index (χ1) is 11.0. The Balaban J connectivity index is 2.54. The second-order valence-electron chi connectivity index (χ2n) is 5.43. The average Bonchev–Trinajstić information content (AvgIpc) is 2.54. The van der Waals surface area contributed by atoms with E-state index in [1.165, 1.54) is 0 Å². The van der Waals surface area contributed by atoms with Crippen LogP contribution in [0.5, 0.6) is 5.75 Å². The molecule has 0 saturated heterocycles. The number of amides is 2. The minimum Gasteiger partial charge on any atom is -0.495 e. The second-order valence-corrected chi connectivity index (χ2v) is 5.43. The van der Waals surface area contributed by atoms with Crippen LogP contribution in [0.4, 0.5) is 5.69 Å². The van der Waals surface area contributed by atoms with Gasteiger partial charge in [-0.15, -0.1) is 0 Å². The fourth-order valence-electron chi connectivity index (χ4n) is 2.05. The molecule has 0 aliphatic carbocycles. The number of nitrogens with zero attached hydrogens (tertiary/aromatic N) is 1. The fourth-order valence-corrected chi connectivity index (χ4v) is 2.05. The van der Waals surface area contributed by atoms with Crippen LogP contribution in [-0.2, 0) is 9.59 Å². The zero-order valence-electron chi connectivity index (χ0n) is 14.4. The maximum atomic E-state index is 12.2. The summed E-state index contributed by atoms with van der Waals surface area (Å²) in [6, 6.07) is 7.38. The highest BCUT2D eigenvalue weighted by Crippen LogP contribution is 2.22. The van der Waals surface area contributed by atoms with Gasteiger partial charge in [-0.3, -0.25) is 14.5 Å². The molecular formula is C17H27N3O3. The maximum absolute atomic E-state index is 12.2. The first kappa shape index (κ1) is 19.0. The summed E-state index contributed by atoms with van der Waals surface area (Å²) < 4.78 is 5.21. The fraction of sp³-hybridized carbons (Fsp3) is 0.529. The summed E-state index contributed by atoms with van der Waals surface area (Å²) in [6.07, 6.45) is 0.881. The van der Waals surface area contributed by atoms with Crippen LogP contribution in [0.3, 0.4) is 0 Å². The number of nitrogens with one attached hydrogen (secondary N) is 2. The molecule has 0 spiro atoms. The SMILES string of the molecule is CC[C@H](C)NC(=O)CN(CC)CC(=O)Nc1ccccc1OC. The Morgan fingerprint density at radius 1 is 1.17 bits per heavy atom. The molecule has 2 amide bonds. The normalized spacial score (nSPS) is 11.9. The predicted octanol–water partition coefficient (Wildman–Crippen LogP) is 1.87. The molecule has 23 heavy (non-hydrogen) atoms. The summed E-state index contributed by atoms with van der Waals surface area (Å²) in [6.45, 7) is 6.88. The third kappa shape index (κ3) is 6.69. The zero-order valence-corrected chi connectivity index (χ0v) is 14.4. The molecule has 1 aromatic rings. The van der Waals surface area contributed by atoms with E-state index >= 15 is 0 Å². The van der Waals surface area contributed by atoms with Gasteiger partial charge in [-0.2, -0.15) is 0 Å². The highest BCUT2D eigenvalue weighted by atomic mass is 16.5. The summed E-state index contributed by atoms with van der Waals surface area (Å²) in [5.41, 5.74) is 0.625. The van der Waals surface area contributed by atoms with Gasteiger partial charge in [-0.25, -0.2) is 0 Å². The average molecular weight is 321 g/mol. The molecule has 1 rings (SSSR count). The lowest BCUT2D eigenvalue weighted by atomic mass is 10.2. The van der Waals surface area contributed by atoms with Gasteiger partial charge < -0.3 is 15.4 Å². The van der Waals surface area contributed by atoms with Gasteiger partial charge in [0.1, 0.15) is 5.75 Å². The van der Waals surface area contributed by atoms with Gasteiger partial charge in [0, 0.05) is 6.04 Å². The summed E-state index contributed by atoms with van der Waals surface area (Å²) in [4.78, 5) is 25.9. The van der Waals surface area contributed by atoms with Gasteiger partial charge in [0.15, 0.2) is 0 Å². The maximum Gasteiger partial charge on any atom is 0.238 e. The summed E-state index contributed by atoms with van der Waals surface area (Å²) in [7, 11) is 1.56. The van der Waals surface area contributed by atoms with Crippen LogP contribution in [0.25, 0.3) is 0 Å². The zero-order chi connectivity index (χ0) is 17.2. The molecule has 128 valence electrons. The summed E-state index contributed by atoms with van der Waals surface area (Å²) in [5, 5.41) is 5.72. The van der Waals surface area contributed by atoms with Gasteiger partial charge in [0.25, 0.3) is 0 Å². The Labute approximate surface area is 138 Å². The van der Waals surface area contributed by atoms with E-state index in [0.29, 0.717) is 18.0 Å². The molecular weight excluding hydrogens is 294 g/mol. The Hall–Kier alpha value is -2.08. The van der Waals surface area contributed by atoms with Gasteiger partial charge in [0.05, 0.1) is 25.9 Å². The smallest absolute Gasteiger partial charge is 0.238 e. The quantitative estimate of drug-likeness (QED) is 0.728. The standard InChI is InChI=1S/C17H27N3O3/c1-5-13(3)18-16(21)11-20(6-2)12-17(22)19-14-9-7-8-10-15(14)23-4/h7-10,13H,5-6,11-12H2,1-4H3,(H,18,21)(H,19,22)/t13-/m0/s1. The summed E-state index contributed by atoms with van der Waals surface area (Å²) in [5.74, 6) is 0.373. The number of para-hydroxylation sites is 2. The van der Waals surface area contributed by atoms with Crippen molar-refractivity contribution in [2.75, 3.05) is 32.1 Å². The number of hydrogen-bond acceptors (Lipinski definition) is 4. The lowest BCUT2D eigenvalue weighted by molar-refractivity contribution is -0.123. The number of likely N-dealkylation sites (N-methyl/N-ethyl adjacent to an activating group) is 1. The molecule has 0 aliphatic heterocycles. The molecule has 1 aromatic carbocycles. The molecule has 0 unspecified atom stereocenters. The molecule has 0 aliphatic rings. The number of rotatable bonds is 9. The van der Waals surface area contributed by atoms with Crippen molar-refractivity contribution in [2.24, 2.45) is 0 Å². The van der Waals surface area contributed by atoms with Crippen molar-refractivity contribution in [3.05, 3.63) is 24.3 Å². The van der Waals surface area contributed by atoms with Crippen LogP contribution >= 0.6 is 0 Å². The molecule has 0 aromatic heterocycles. The molecule has 0 fully saturated rings. The van der Waals surface area contributed by atoms with E-state index in [9.17, 15) is 9.59 Å². The van der Waals surface area contributed by atoms with Crippen molar-refractivity contribution >= 4 is 17.5 Å². The van der Waals surface area contributed by atoms with E-state index in [-0.39, 0.29) is 30.9 Å². The van der Waals surface area contributed by atoms with Crippen LogP contribution < -0.4 is 15.4 Å². The van der Waals surface area contributed by atoms with Crippen LogP contribution in [0.1, 0.15) is 27.2 Å². The molecule has 6 nitrogen and oxygen atoms in total. The van der Waals surface area contributed by atoms with Crippen LogP contribution in [0.15, 0.2) is 24.3 Å².